The zero-order chi connectivity index (χ0) is 15.8. The molecule has 10 heteroatoms. The van der Waals surface area contributed by atoms with Crippen molar-refractivity contribution in [3.63, 3.8) is 0 Å². The maximum atomic E-state index is 12.8. The van der Waals surface area contributed by atoms with Gasteiger partial charge in [-0.25, -0.2) is 4.98 Å². The van der Waals surface area contributed by atoms with Gasteiger partial charge in [-0.05, 0) is 12.1 Å². The SMILES string of the molecule is Cn1nc(C(F)(F)F)c(NC(=O)c2ccnc(N)c2)c1Cl. The van der Waals surface area contributed by atoms with Crippen molar-refractivity contribution in [1.29, 1.82) is 0 Å². The van der Waals surface area contributed by atoms with Crippen LogP contribution in [0.2, 0.25) is 5.15 Å². The van der Waals surface area contributed by atoms with E-state index >= 15 is 0 Å². The highest BCUT2D eigenvalue weighted by molar-refractivity contribution is 6.33. The first kappa shape index (κ1) is 15.1. The Labute approximate surface area is 121 Å². The smallest absolute Gasteiger partial charge is 0.384 e. The number of nitrogens with zero attached hydrogens (tertiary/aromatic N) is 3. The maximum Gasteiger partial charge on any atom is 0.437 e. The monoisotopic (exact) mass is 319 g/mol. The molecule has 0 saturated heterocycles. The Hall–Kier alpha value is -2.29. The van der Waals surface area contributed by atoms with Crippen molar-refractivity contribution in [2.24, 2.45) is 7.05 Å². The lowest BCUT2D eigenvalue weighted by molar-refractivity contribution is -0.140. The van der Waals surface area contributed by atoms with Gasteiger partial charge in [0.1, 0.15) is 11.5 Å². The van der Waals surface area contributed by atoms with Gasteiger partial charge in [0.15, 0.2) is 10.8 Å². The number of nitrogens with one attached hydrogen (secondary N) is 1. The maximum absolute atomic E-state index is 12.8. The molecule has 112 valence electrons. The van der Waals surface area contributed by atoms with Crippen molar-refractivity contribution in [3.05, 3.63) is 34.7 Å². The predicted molar refractivity (Wildman–Crippen MR) is 69.8 cm³/mol. The highest BCUT2D eigenvalue weighted by Gasteiger charge is 2.39. The molecule has 2 aromatic heterocycles. The Bertz CT molecular complexity index is 698. The van der Waals surface area contributed by atoms with Gasteiger partial charge in [0, 0.05) is 18.8 Å². The van der Waals surface area contributed by atoms with E-state index in [4.69, 9.17) is 17.3 Å². The van der Waals surface area contributed by atoms with Gasteiger partial charge < -0.3 is 11.1 Å². The Balaban J connectivity index is 2.38. The molecule has 0 fully saturated rings. The number of alkyl halides is 3. The van der Waals surface area contributed by atoms with E-state index in [-0.39, 0.29) is 16.5 Å². The molecule has 0 aromatic carbocycles. The number of halogens is 4. The first-order chi connectivity index (χ1) is 9.70. The van der Waals surface area contributed by atoms with Crippen molar-refractivity contribution in [3.8, 4) is 0 Å². The van der Waals surface area contributed by atoms with Crippen molar-refractivity contribution in [2.45, 2.75) is 6.18 Å². The van der Waals surface area contributed by atoms with E-state index in [1.165, 1.54) is 25.4 Å². The molecule has 0 aliphatic rings. The Morgan fingerprint density at radius 3 is 2.71 bits per heavy atom. The van der Waals surface area contributed by atoms with Crippen LogP contribution < -0.4 is 11.1 Å². The second-order valence-electron chi connectivity index (χ2n) is 4.06. The number of carbonyl (C=O) groups excluding carboxylic acids is 1. The predicted octanol–water partition coefficient (Wildman–Crippen LogP) is 2.32. The van der Waals surface area contributed by atoms with Crippen LogP contribution in [-0.4, -0.2) is 20.7 Å². The van der Waals surface area contributed by atoms with Gasteiger partial charge in [-0.3, -0.25) is 9.48 Å². The van der Waals surface area contributed by atoms with E-state index in [1.54, 1.807) is 0 Å². The van der Waals surface area contributed by atoms with Crippen molar-refractivity contribution < 1.29 is 18.0 Å². The zero-order valence-electron chi connectivity index (χ0n) is 10.6. The highest BCUT2D eigenvalue weighted by atomic mass is 35.5. The summed E-state index contributed by atoms with van der Waals surface area (Å²) in [6.45, 7) is 0. The molecule has 6 nitrogen and oxygen atoms in total. The van der Waals surface area contributed by atoms with E-state index in [2.05, 4.69) is 15.4 Å². The number of aryl methyl sites for hydroxylation is 1. The molecular weight excluding hydrogens is 311 g/mol. The molecular formula is C11H9ClF3N5O. The summed E-state index contributed by atoms with van der Waals surface area (Å²) in [5.74, 6) is -0.736. The van der Waals surface area contributed by atoms with E-state index in [9.17, 15) is 18.0 Å². The summed E-state index contributed by atoms with van der Waals surface area (Å²) in [6.07, 6.45) is -3.48. The summed E-state index contributed by atoms with van der Waals surface area (Å²) in [7, 11) is 1.23. The van der Waals surface area contributed by atoms with Gasteiger partial charge in [-0.2, -0.15) is 18.3 Å². The molecule has 3 N–H and O–H groups in total. The van der Waals surface area contributed by atoms with Gasteiger partial charge in [-0.1, -0.05) is 11.6 Å². The molecule has 2 aromatic rings. The Morgan fingerprint density at radius 1 is 1.48 bits per heavy atom. The third-order valence-corrected chi connectivity index (χ3v) is 2.96. The summed E-state index contributed by atoms with van der Waals surface area (Å²) in [5.41, 5.74) is 3.58. The summed E-state index contributed by atoms with van der Waals surface area (Å²) >= 11 is 5.73. The third-order valence-electron chi connectivity index (χ3n) is 2.53. The van der Waals surface area contributed by atoms with E-state index in [0.717, 1.165) is 4.68 Å². The summed E-state index contributed by atoms with van der Waals surface area (Å²) in [4.78, 5) is 15.6. The molecule has 0 unspecified atom stereocenters. The summed E-state index contributed by atoms with van der Waals surface area (Å²) in [5, 5.41) is 5.01. The fourth-order valence-corrected chi connectivity index (χ4v) is 1.76. The van der Waals surface area contributed by atoms with Crippen LogP contribution >= 0.6 is 11.6 Å². The lowest BCUT2D eigenvalue weighted by Crippen LogP contribution is -2.16. The fraction of sp³-hybridized carbons (Fsp3) is 0.182. The number of hydrogen-bond acceptors (Lipinski definition) is 4. The van der Waals surface area contributed by atoms with Crippen LogP contribution in [0.5, 0.6) is 0 Å². The van der Waals surface area contributed by atoms with Gasteiger partial charge in [0.05, 0.1) is 0 Å². The summed E-state index contributed by atoms with van der Waals surface area (Å²) in [6, 6.07) is 2.54. The standard InChI is InChI=1S/C11H9ClF3N5O/c1-20-9(12)7(8(19-20)11(13,14)15)18-10(21)5-2-3-17-6(16)4-5/h2-4H,1H3,(H2,16,17)(H,18,21). The van der Waals surface area contributed by atoms with Crippen LogP contribution in [-0.2, 0) is 13.2 Å². The first-order valence-corrected chi connectivity index (χ1v) is 5.90. The van der Waals surface area contributed by atoms with Crippen LogP contribution in [0.1, 0.15) is 16.1 Å². The third kappa shape index (κ3) is 3.07. The number of anilines is 2. The van der Waals surface area contributed by atoms with Gasteiger partial charge >= 0.3 is 6.18 Å². The number of carbonyl (C=O) groups is 1. The van der Waals surface area contributed by atoms with Crippen LogP contribution in [0.15, 0.2) is 18.3 Å². The lowest BCUT2D eigenvalue weighted by atomic mass is 10.2. The molecule has 0 aliphatic heterocycles. The number of aromatic nitrogens is 3. The Morgan fingerprint density at radius 2 is 2.14 bits per heavy atom. The second kappa shape index (κ2) is 5.24. The number of nitrogen functional groups attached to an aromatic ring is 1. The molecule has 2 heterocycles. The van der Waals surface area contributed by atoms with Crippen LogP contribution in [0.3, 0.4) is 0 Å². The number of amides is 1. The van der Waals surface area contributed by atoms with E-state index in [0.29, 0.717) is 0 Å². The molecule has 21 heavy (non-hydrogen) atoms. The largest absolute Gasteiger partial charge is 0.437 e. The topological polar surface area (TPSA) is 85.8 Å². The Kier molecular flexibility index (Phi) is 3.77. The number of hydrogen-bond donors (Lipinski definition) is 2. The average Bonchev–Trinajstić information content (AvgIpc) is 2.67. The molecule has 0 bridgehead atoms. The number of rotatable bonds is 2. The quantitative estimate of drug-likeness (QED) is 0.889. The first-order valence-electron chi connectivity index (χ1n) is 5.52. The van der Waals surface area contributed by atoms with E-state index < -0.39 is 23.5 Å². The van der Waals surface area contributed by atoms with Crippen LogP contribution in [0.4, 0.5) is 24.7 Å². The van der Waals surface area contributed by atoms with Crippen molar-refractivity contribution in [2.75, 3.05) is 11.1 Å². The van der Waals surface area contributed by atoms with E-state index in [1.807, 2.05) is 0 Å². The summed E-state index contributed by atoms with van der Waals surface area (Å²) < 4.78 is 39.3. The highest BCUT2D eigenvalue weighted by Crippen LogP contribution is 2.37. The van der Waals surface area contributed by atoms with Gasteiger partial charge in [0.25, 0.3) is 5.91 Å². The second-order valence-corrected chi connectivity index (χ2v) is 4.42. The average molecular weight is 320 g/mol. The zero-order valence-corrected chi connectivity index (χ0v) is 11.3. The molecule has 0 saturated carbocycles. The number of nitrogens with two attached hydrogens (primary N) is 1. The number of pyridine rings is 1. The molecule has 2 rings (SSSR count). The fourth-order valence-electron chi connectivity index (χ4n) is 1.59. The minimum Gasteiger partial charge on any atom is -0.384 e. The van der Waals surface area contributed by atoms with Crippen molar-refractivity contribution in [1.82, 2.24) is 14.8 Å². The molecule has 0 atom stereocenters. The van der Waals surface area contributed by atoms with Crippen LogP contribution in [0.25, 0.3) is 0 Å². The molecule has 0 aliphatic carbocycles. The molecule has 0 radical (unpaired) electrons. The molecule has 1 amide bonds. The minimum absolute atomic E-state index is 0.0514. The van der Waals surface area contributed by atoms with Gasteiger partial charge in [0.2, 0.25) is 0 Å². The van der Waals surface area contributed by atoms with Gasteiger partial charge in [-0.15, -0.1) is 0 Å². The van der Waals surface area contributed by atoms with Crippen LogP contribution in [0, 0.1) is 0 Å². The lowest BCUT2D eigenvalue weighted by Gasteiger charge is -2.08. The minimum atomic E-state index is -4.75. The normalized spacial score (nSPS) is 11.5. The molecule has 0 spiro atoms. The van der Waals surface area contributed by atoms with Crippen molar-refractivity contribution >= 4 is 29.0 Å².